The average molecular weight is 1080 g/mol. The minimum absolute atomic E-state index is 0.118. The molecule has 0 bridgehead atoms. The minimum Gasteiger partial charge on any atom is -0.462 e. The first-order chi connectivity index (χ1) is 38.5. The van der Waals surface area contributed by atoms with Gasteiger partial charge in [-0.2, -0.15) is 0 Å². The summed E-state index contributed by atoms with van der Waals surface area (Å²) >= 11 is 0. The lowest BCUT2D eigenvalue weighted by Gasteiger charge is -2.18. The minimum atomic E-state index is -0.832. The zero-order valence-corrected chi connectivity index (χ0v) is 50.4. The molecule has 0 radical (unpaired) electrons. The van der Waals surface area contributed by atoms with Crippen LogP contribution in [-0.4, -0.2) is 37.2 Å². The third-order valence-electron chi connectivity index (χ3n) is 13.1. The molecule has 0 fully saturated rings. The largest absolute Gasteiger partial charge is 0.462 e. The Balaban J connectivity index is 4.48. The summed E-state index contributed by atoms with van der Waals surface area (Å²) in [6.45, 7) is 6.33. The molecule has 0 amide bonds. The molecule has 0 spiro atoms. The molecule has 0 aromatic rings. The van der Waals surface area contributed by atoms with Crippen LogP contribution >= 0.6 is 0 Å². The van der Waals surface area contributed by atoms with Gasteiger partial charge in [-0.1, -0.05) is 269 Å². The van der Waals surface area contributed by atoms with Gasteiger partial charge in [0.25, 0.3) is 0 Å². The van der Waals surface area contributed by atoms with Crippen LogP contribution in [0.4, 0.5) is 0 Å². The van der Waals surface area contributed by atoms with Crippen LogP contribution in [0.25, 0.3) is 0 Å². The number of unbranched alkanes of at least 4 members (excludes halogenated alkanes) is 21. The van der Waals surface area contributed by atoms with Gasteiger partial charge in [-0.3, -0.25) is 14.4 Å². The zero-order valence-electron chi connectivity index (χ0n) is 50.4. The maximum atomic E-state index is 12.9. The highest BCUT2D eigenvalue weighted by Crippen LogP contribution is 2.15. The van der Waals surface area contributed by atoms with Crippen LogP contribution in [0.5, 0.6) is 0 Å². The molecule has 0 heterocycles. The van der Waals surface area contributed by atoms with Gasteiger partial charge in [0.1, 0.15) is 13.2 Å². The first kappa shape index (κ1) is 73.3. The van der Waals surface area contributed by atoms with Gasteiger partial charge in [0.15, 0.2) is 6.10 Å². The van der Waals surface area contributed by atoms with Crippen molar-refractivity contribution >= 4 is 17.9 Å². The third-order valence-corrected chi connectivity index (χ3v) is 13.1. The van der Waals surface area contributed by atoms with E-state index in [2.05, 4.69) is 161 Å². The lowest BCUT2D eigenvalue weighted by Crippen LogP contribution is -2.30. The standard InChI is InChI=1S/C72H116O6/c1-4-7-10-13-16-19-22-25-28-31-33-34-35-36-37-38-40-41-44-47-50-53-56-59-62-65-71(74)77-68-69(67-76-70(73)64-61-58-55-52-49-46-43-30-27-24-21-18-15-12-9-6-3)78-72(75)66-63-60-57-54-51-48-45-42-39-32-29-26-23-20-17-14-11-8-5-2/h7-8,10-11,16-17,19-21,24-26,28-30,33-34,39,42-43,48,51,57,60,69H,4-6,9,12-15,18,22-23,27,31-32,35-38,40-41,44-47,49-50,52-56,58-59,61-68H2,1-3H3/b10-7-,11-8-,19-16-,20-17-,24-21-,28-25-,29-26-,34-33-,42-39-,43-30-,51-48-,60-57-. The van der Waals surface area contributed by atoms with Gasteiger partial charge >= 0.3 is 17.9 Å². The van der Waals surface area contributed by atoms with Crippen molar-refractivity contribution in [2.45, 2.75) is 277 Å². The SMILES string of the molecule is CC/C=C\C/C=C\C/C=C\C/C=C\C/C=C\C/C=C\CCC(=O)OC(COC(=O)CCCCCCC/C=C\C/C=C\CCCCCC)COC(=O)CCCCCCCCCCCCCC/C=C\C/C=C\C/C=C\C/C=C\CC. The second-order valence-electron chi connectivity index (χ2n) is 20.5. The molecule has 1 unspecified atom stereocenters. The Hall–Kier alpha value is -4.71. The van der Waals surface area contributed by atoms with Crippen LogP contribution in [-0.2, 0) is 28.6 Å². The Morgan fingerprint density at radius 1 is 0.269 bits per heavy atom. The first-order valence-electron chi connectivity index (χ1n) is 31.8. The van der Waals surface area contributed by atoms with Crippen molar-refractivity contribution in [3.05, 3.63) is 146 Å². The highest BCUT2D eigenvalue weighted by atomic mass is 16.6. The number of hydrogen-bond acceptors (Lipinski definition) is 6. The molecular weight excluding hydrogens is 961 g/mol. The normalized spacial score (nSPS) is 13.1. The molecular formula is C72H116O6. The summed E-state index contributed by atoms with van der Waals surface area (Å²) in [6.07, 6.45) is 92.9. The van der Waals surface area contributed by atoms with Gasteiger partial charge in [-0.05, 0) is 128 Å². The van der Waals surface area contributed by atoms with E-state index in [0.717, 1.165) is 128 Å². The number of carbonyl (C=O) groups is 3. The second kappa shape index (κ2) is 64.8. The number of rotatable bonds is 56. The van der Waals surface area contributed by atoms with Crippen LogP contribution in [0.15, 0.2) is 146 Å². The van der Waals surface area contributed by atoms with E-state index in [9.17, 15) is 14.4 Å². The zero-order chi connectivity index (χ0) is 56.4. The van der Waals surface area contributed by atoms with Crippen molar-refractivity contribution in [1.29, 1.82) is 0 Å². The van der Waals surface area contributed by atoms with Crippen LogP contribution in [0, 0.1) is 0 Å². The number of ether oxygens (including phenoxy) is 3. The molecule has 6 nitrogen and oxygen atoms in total. The van der Waals surface area contributed by atoms with E-state index in [1.54, 1.807) is 0 Å². The summed E-state index contributed by atoms with van der Waals surface area (Å²) in [5, 5.41) is 0. The quantitative estimate of drug-likeness (QED) is 0.0261. The van der Waals surface area contributed by atoms with Crippen molar-refractivity contribution in [3.8, 4) is 0 Å². The Morgan fingerprint density at radius 3 is 0.833 bits per heavy atom. The van der Waals surface area contributed by atoms with E-state index >= 15 is 0 Å². The Kier molecular flexibility index (Phi) is 60.9. The van der Waals surface area contributed by atoms with Crippen LogP contribution < -0.4 is 0 Å². The summed E-state index contributed by atoms with van der Waals surface area (Å²) in [6, 6.07) is 0. The Bertz CT molecular complexity index is 1710. The van der Waals surface area contributed by atoms with Gasteiger partial charge in [0.05, 0.1) is 0 Å². The fourth-order valence-corrected chi connectivity index (χ4v) is 8.37. The fraction of sp³-hybridized carbons (Fsp3) is 0.625. The topological polar surface area (TPSA) is 78.9 Å². The fourth-order valence-electron chi connectivity index (χ4n) is 8.37. The molecule has 0 aliphatic rings. The molecule has 6 heteroatoms. The van der Waals surface area contributed by atoms with Crippen LogP contribution in [0.1, 0.15) is 271 Å². The molecule has 440 valence electrons. The molecule has 0 rings (SSSR count). The third kappa shape index (κ3) is 62.1. The molecule has 0 aliphatic heterocycles. The molecule has 0 saturated heterocycles. The lowest BCUT2D eigenvalue weighted by atomic mass is 10.0. The van der Waals surface area contributed by atoms with Crippen molar-refractivity contribution in [1.82, 2.24) is 0 Å². The van der Waals surface area contributed by atoms with Gasteiger partial charge in [-0.15, -0.1) is 0 Å². The summed E-state index contributed by atoms with van der Waals surface area (Å²) in [5.41, 5.74) is 0. The maximum Gasteiger partial charge on any atom is 0.306 e. The first-order valence-corrected chi connectivity index (χ1v) is 31.8. The van der Waals surface area contributed by atoms with E-state index in [-0.39, 0.29) is 31.6 Å². The smallest absolute Gasteiger partial charge is 0.306 e. The van der Waals surface area contributed by atoms with Crippen LogP contribution in [0.3, 0.4) is 0 Å². The van der Waals surface area contributed by atoms with E-state index in [0.29, 0.717) is 19.3 Å². The van der Waals surface area contributed by atoms with Crippen molar-refractivity contribution < 1.29 is 28.6 Å². The van der Waals surface area contributed by atoms with Gasteiger partial charge in [0, 0.05) is 19.3 Å². The monoisotopic (exact) mass is 1080 g/mol. The molecule has 1 atom stereocenters. The second-order valence-corrected chi connectivity index (χ2v) is 20.5. The summed E-state index contributed by atoms with van der Waals surface area (Å²) in [5.74, 6) is -1.02. The number of hydrogen-bond donors (Lipinski definition) is 0. The number of carbonyl (C=O) groups excluding carboxylic acids is 3. The molecule has 0 aromatic carbocycles. The van der Waals surface area contributed by atoms with Crippen molar-refractivity contribution in [3.63, 3.8) is 0 Å². The number of esters is 3. The number of allylic oxidation sites excluding steroid dienone is 24. The van der Waals surface area contributed by atoms with E-state index in [4.69, 9.17) is 14.2 Å². The Morgan fingerprint density at radius 2 is 0.526 bits per heavy atom. The van der Waals surface area contributed by atoms with Gasteiger partial charge < -0.3 is 14.2 Å². The van der Waals surface area contributed by atoms with Crippen molar-refractivity contribution in [2.75, 3.05) is 13.2 Å². The predicted molar refractivity (Wildman–Crippen MR) is 339 cm³/mol. The lowest BCUT2D eigenvalue weighted by molar-refractivity contribution is -0.166. The van der Waals surface area contributed by atoms with Gasteiger partial charge in [-0.25, -0.2) is 0 Å². The van der Waals surface area contributed by atoms with E-state index < -0.39 is 12.1 Å². The highest BCUT2D eigenvalue weighted by molar-refractivity contribution is 5.71. The molecule has 78 heavy (non-hydrogen) atoms. The van der Waals surface area contributed by atoms with Crippen LogP contribution in [0.2, 0.25) is 0 Å². The summed E-state index contributed by atoms with van der Waals surface area (Å²) in [4.78, 5) is 38.3. The van der Waals surface area contributed by atoms with E-state index in [1.807, 2.05) is 6.08 Å². The maximum absolute atomic E-state index is 12.9. The predicted octanol–water partition coefficient (Wildman–Crippen LogP) is 21.9. The highest BCUT2D eigenvalue weighted by Gasteiger charge is 2.19. The summed E-state index contributed by atoms with van der Waals surface area (Å²) < 4.78 is 16.8. The van der Waals surface area contributed by atoms with E-state index in [1.165, 1.54) is 96.3 Å². The Labute approximate surface area is 480 Å². The average Bonchev–Trinajstić information content (AvgIpc) is 3.44. The molecule has 0 N–H and O–H groups in total. The molecule has 0 aliphatic carbocycles. The molecule has 0 aromatic heterocycles. The van der Waals surface area contributed by atoms with Gasteiger partial charge in [0.2, 0.25) is 0 Å². The molecule has 0 saturated carbocycles. The summed E-state index contributed by atoms with van der Waals surface area (Å²) in [7, 11) is 0. The van der Waals surface area contributed by atoms with Crippen molar-refractivity contribution in [2.24, 2.45) is 0 Å².